The Bertz CT molecular complexity index is 1370. The van der Waals surface area contributed by atoms with Gasteiger partial charge in [0.05, 0.1) is 36.3 Å². The van der Waals surface area contributed by atoms with Crippen molar-refractivity contribution in [2.24, 2.45) is 14.1 Å². The van der Waals surface area contributed by atoms with Crippen LogP contribution >= 0.6 is 0 Å². The summed E-state index contributed by atoms with van der Waals surface area (Å²) in [5.41, 5.74) is 5.53. The molecule has 1 unspecified atom stereocenters. The number of ether oxygens (including phenoxy) is 3. The van der Waals surface area contributed by atoms with E-state index >= 15 is 0 Å². The molecule has 5 rings (SSSR count). The van der Waals surface area contributed by atoms with E-state index < -0.39 is 0 Å². The van der Waals surface area contributed by atoms with Crippen molar-refractivity contribution in [2.75, 3.05) is 19.8 Å². The fraction of sp³-hybridized carbons (Fsp3) is 0.423. The molecule has 4 heterocycles. The van der Waals surface area contributed by atoms with Crippen LogP contribution in [0.1, 0.15) is 42.6 Å². The number of hydrogen-bond acceptors (Lipinski definition) is 6. The third-order valence-electron chi connectivity index (χ3n) is 6.32. The number of nitrogens with zero attached hydrogens (tertiary/aromatic N) is 6. The van der Waals surface area contributed by atoms with Crippen molar-refractivity contribution in [3.05, 3.63) is 47.5 Å². The Morgan fingerprint density at radius 2 is 2.03 bits per heavy atom. The number of benzene rings is 1. The molecular weight excluding hydrogens is 444 g/mol. The standard InChI is InChI=1S/C26H30N6O3/c1-5-22-20-15-19(9-10-23(20)32(29-22)25-8-6-7-11-34-25)21-16-27-30(3)24(21)17-33-12-13-35-26-14-18(2)28-31(26)4/h1,9-10,14-16,25H,6-8,11-13,17H2,2-4H3. The molecular formula is C26H30N6O3. The largest absolute Gasteiger partial charge is 0.475 e. The van der Waals surface area contributed by atoms with Gasteiger partial charge in [-0.05, 0) is 49.8 Å². The van der Waals surface area contributed by atoms with Crippen molar-refractivity contribution in [2.45, 2.75) is 39.0 Å². The highest BCUT2D eigenvalue weighted by Crippen LogP contribution is 2.32. The summed E-state index contributed by atoms with van der Waals surface area (Å²) < 4.78 is 23.1. The molecule has 35 heavy (non-hydrogen) atoms. The van der Waals surface area contributed by atoms with Gasteiger partial charge in [0, 0.05) is 37.7 Å². The van der Waals surface area contributed by atoms with Crippen LogP contribution in [0.2, 0.25) is 0 Å². The van der Waals surface area contributed by atoms with Gasteiger partial charge in [-0.1, -0.05) is 6.07 Å². The minimum atomic E-state index is -0.0703. The molecule has 0 aliphatic carbocycles. The zero-order chi connectivity index (χ0) is 24.4. The normalized spacial score (nSPS) is 16.0. The first-order chi connectivity index (χ1) is 17.0. The van der Waals surface area contributed by atoms with E-state index in [1.54, 1.807) is 4.68 Å². The number of aryl methyl sites for hydroxylation is 3. The molecule has 1 atom stereocenters. The van der Waals surface area contributed by atoms with E-state index in [0.717, 1.165) is 65.2 Å². The zero-order valence-electron chi connectivity index (χ0n) is 20.4. The average Bonchev–Trinajstić information content (AvgIpc) is 3.53. The first-order valence-corrected chi connectivity index (χ1v) is 11.9. The van der Waals surface area contributed by atoms with Crippen LogP contribution in [0, 0.1) is 19.3 Å². The van der Waals surface area contributed by atoms with Crippen LogP contribution in [-0.4, -0.2) is 49.2 Å². The van der Waals surface area contributed by atoms with Crippen molar-refractivity contribution in [1.29, 1.82) is 0 Å². The monoisotopic (exact) mass is 474 g/mol. The molecule has 0 radical (unpaired) electrons. The predicted molar refractivity (Wildman–Crippen MR) is 132 cm³/mol. The lowest BCUT2D eigenvalue weighted by Crippen LogP contribution is -2.19. The molecule has 9 heteroatoms. The molecule has 0 N–H and O–H groups in total. The van der Waals surface area contributed by atoms with Gasteiger partial charge < -0.3 is 14.2 Å². The molecule has 1 aliphatic heterocycles. The van der Waals surface area contributed by atoms with Gasteiger partial charge in [-0.2, -0.15) is 15.3 Å². The highest BCUT2D eigenvalue weighted by Gasteiger charge is 2.21. The summed E-state index contributed by atoms with van der Waals surface area (Å²) in [7, 11) is 3.78. The highest BCUT2D eigenvalue weighted by molar-refractivity contribution is 5.89. The molecule has 0 bridgehead atoms. The minimum Gasteiger partial charge on any atom is -0.475 e. The Labute approximate surface area is 204 Å². The Hall–Kier alpha value is -3.61. The van der Waals surface area contributed by atoms with Crippen molar-refractivity contribution < 1.29 is 14.2 Å². The maximum atomic E-state index is 5.95. The molecule has 1 aliphatic rings. The predicted octanol–water partition coefficient (Wildman–Crippen LogP) is 3.75. The van der Waals surface area contributed by atoms with Crippen LogP contribution in [0.25, 0.3) is 22.0 Å². The van der Waals surface area contributed by atoms with Crippen molar-refractivity contribution in [1.82, 2.24) is 29.3 Å². The van der Waals surface area contributed by atoms with Gasteiger partial charge in [0.1, 0.15) is 12.3 Å². The van der Waals surface area contributed by atoms with Gasteiger partial charge in [0.25, 0.3) is 0 Å². The molecule has 1 saturated heterocycles. The third kappa shape index (κ3) is 4.67. The van der Waals surface area contributed by atoms with Crippen molar-refractivity contribution in [3.63, 3.8) is 0 Å². The SMILES string of the molecule is C#Cc1nn(C2CCCCO2)c2ccc(-c3cnn(C)c3COCCOc3cc(C)nn3C)cc12. The average molecular weight is 475 g/mol. The second kappa shape index (κ2) is 9.94. The van der Waals surface area contributed by atoms with Crippen molar-refractivity contribution in [3.8, 4) is 29.4 Å². The lowest BCUT2D eigenvalue weighted by atomic mass is 10.0. The fourth-order valence-corrected chi connectivity index (χ4v) is 4.52. The van der Waals surface area contributed by atoms with Crippen LogP contribution in [-0.2, 0) is 30.2 Å². The summed E-state index contributed by atoms with van der Waals surface area (Å²) in [4.78, 5) is 0. The van der Waals surface area contributed by atoms with Gasteiger partial charge in [-0.15, -0.1) is 6.42 Å². The van der Waals surface area contributed by atoms with Crippen LogP contribution in [0.4, 0.5) is 0 Å². The number of fused-ring (bicyclic) bond motifs is 1. The lowest BCUT2D eigenvalue weighted by molar-refractivity contribution is -0.0367. The van der Waals surface area contributed by atoms with Gasteiger partial charge in [0.15, 0.2) is 6.23 Å². The first-order valence-electron chi connectivity index (χ1n) is 11.9. The topological polar surface area (TPSA) is 81.2 Å². The maximum Gasteiger partial charge on any atom is 0.211 e. The number of terminal acetylenes is 1. The van der Waals surface area contributed by atoms with Crippen LogP contribution < -0.4 is 4.74 Å². The number of aromatic nitrogens is 6. The van der Waals surface area contributed by atoms with Gasteiger partial charge in [-0.25, -0.2) is 9.36 Å². The highest BCUT2D eigenvalue weighted by atomic mass is 16.5. The summed E-state index contributed by atoms with van der Waals surface area (Å²) in [6.45, 7) is 3.98. The molecule has 1 aromatic carbocycles. The second-order valence-corrected chi connectivity index (χ2v) is 8.77. The summed E-state index contributed by atoms with van der Waals surface area (Å²) in [5, 5.41) is 14.4. The molecule has 4 aromatic rings. The van der Waals surface area contributed by atoms with E-state index in [9.17, 15) is 0 Å². The quantitative estimate of drug-likeness (QED) is 0.286. The second-order valence-electron chi connectivity index (χ2n) is 8.77. The smallest absolute Gasteiger partial charge is 0.211 e. The van der Waals surface area contributed by atoms with E-state index in [-0.39, 0.29) is 6.23 Å². The third-order valence-corrected chi connectivity index (χ3v) is 6.32. The lowest BCUT2D eigenvalue weighted by Gasteiger charge is -2.23. The first kappa shape index (κ1) is 23.1. The molecule has 9 nitrogen and oxygen atoms in total. The summed E-state index contributed by atoms with van der Waals surface area (Å²) in [5.74, 6) is 3.47. The fourth-order valence-electron chi connectivity index (χ4n) is 4.52. The van der Waals surface area contributed by atoms with Crippen LogP contribution in [0.3, 0.4) is 0 Å². The molecule has 3 aromatic heterocycles. The Morgan fingerprint density at radius 3 is 2.77 bits per heavy atom. The van der Waals surface area contributed by atoms with E-state index in [1.165, 1.54) is 0 Å². The molecule has 0 spiro atoms. The maximum absolute atomic E-state index is 5.95. The van der Waals surface area contributed by atoms with Gasteiger partial charge >= 0.3 is 0 Å². The Kier molecular flexibility index (Phi) is 6.57. The molecule has 182 valence electrons. The van der Waals surface area contributed by atoms with E-state index in [4.69, 9.17) is 20.6 Å². The van der Waals surface area contributed by atoms with E-state index in [2.05, 4.69) is 39.4 Å². The number of rotatable bonds is 8. The molecule has 0 amide bonds. The summed E-state index contributed by atoms with van der Waals surface area (Å²) in [6.07, 6.45) is 10.8. The van der Waals surface area contributed by atoms with Gasteiger partial charge in [-0.3, -0.25) is 4.68 Å². The summed E-state index contributed by atoms with van der Waals surface area (Å²) >= 11 is 0. The van der Waals surface area contributed by atoms with E-state index in [1.807, 2.05) is 42.6 Å². The Morgan fingerprint density at radius 1 is 1.14 bits per heavy atom. The van der Waals surface area contributed by atoms with Crippen LogP contribution in [0.5, 0.6) is 5.88 Å². The Balaban J connectivity index is 1.32. The molecule has 0 saturated carbocycles. The van der Waals surface area contributed by atoms with Crippen LogP contribution in [0.15, 0.2) is 30.5 Å². The van der Waals surface area contributed by atoms with Crippen molar-refractivity contribution >= 4 is 10.9 Å². The molecule has 1 fully saturated rings. The van der Waals surface area contributed by atoms with Gasteiger partial charge in [0.2, 0.25) is 5.88 Å². The zero-order valence-corrected chi connectivity index (χ0v) is 20.4. The summed E-state index contributed by atoms with van der Waals surface area (Å²) in [6, 6.07) is 8.14. The minimum absolute atomic E-state index is 0.0703. The van der Waals surface area contributed by atoms with E-state index in [0.29, 0.717) is 25.5 Å². The number of hydrogen-bond donors (Lipinski definition) is 0.